The summed E-state index contributed by atoms with van der Waals surface area (Å²) in [5.41, 5.74) is 18.5. The molecular weight excluding hydrogens is 701 g/mol. The first-order valence-electron chi connectivity index (χ1n) is 20.3. The Bertz CT molecular complexity index is 3210. The Labute approximate surface area is 339 Å². The zero-order valence-corrected chi connectivity index (χ0v) is 32.9. The second-order valence-corrected chi connectivity index (χ2v) is 16.2. The van der Waals surface area contributed by atoms with Gasteiger partial charge in [0.2, 0.25) is 0 Å². The molecular formula is C56H42N2. The van der Waals surface area contributed by atoms with Gasteiger partial charge >= 0.3 is 0 Å². The SMILES string of the molecule is Cc1c(N(c2cccc(-c3ccccc3)c2)c2ccc(-c3ccc4c(c3)c3ccccc3n4-c3ccccc3)c3ccccc23)ccc2c1C(C)(C)c1ccccc1-2. The molecule has 0 N–H and O–H groups in total. The fourth-order valence-electron chi connectivity index (χ4n) is 9.96. The molecule has 276 valence electrons. The fraction of sp³-hybridized carbons (Fsp3) is 0.0714. The molecule has 1 heterocycles. The van der Waals surface area contributed by atoms with Crippen molar-refractivity contribution < 1.29 is 0 Å². The van der Waals surface area contributed by atoms with Crippen LogP contribution in [0.5, 0.6) is 0 Å². The number of rotatable bonds is 6. The maximum atomic E-state index is 2.50. The number of para-hydroxylation sites is 2. The predicted molar refractivity (Wildman–Crippen MR) is 246 cm³/mol. The Balaban J connectivity index is 1.13. The van der Waals surface area contributed by atoms with E-state index in [0.717, 1.165) is 11.4 Å². The lowest BCUT2D eigenvalue weighted by molar-refractivity contribution is 0.656. The minimum absolute atomic E-state index is 0.127. The molecule has 2 nitrogen and oxygen atoms in total. The average Bonchev–Trinajstić information content (AvgIpc) is 3.73. The Kier molecular flexibility index (Phi) is 7.78. The summed E-state index contributed by atoms with van der Waals surface area (Å²) in [5, 5.41) is 4.94. The summed E-state index contributed by atoms with van der Waals surface area (Å²) in [5.74, 6) is 0. The Morgan fingerprint density at radius 3 is 1.88 bits per heavy atom. The third-order valence-corrected chi connectivity index (χ3v) is 12.5. The van der Waals surface area contributed by atoms with Gasteiger partial charge in [-0.1, -0.05) is 159 Å². The van der Waals surface area contributed by atoms with E-state index in [-0.39, 0.29) is 5.41 Å². The van der Waals surface area contributed by atoms with Crippen LogP contribution in [0.4, 0.5) is 17.1 Å². The smallest absolute Gasteiger partial charge is 0.0541 e. The third-order valence-electron chi connectivity index (χ3n) is 12.5. The van der Waals surface area contributed by atoms with Crippen LogP contribution in [0.2, 0.25) is 0 Å². The lowest BCUT2D eigenvalue weighted by Crippen LogP contribution is -2.19. The minimum Gasteiger partial charge on any atom is -0.310 e. The van der Waals surface area contributed by atoms with Gasteiger partial charge in [0.05, 0.1) is 16.7 Å². The van der Waals surface area contributed by atoms with Crippen molar-refractivity contribution in [3.63, 3.8) is 0 Å². The number of benzene rings is 9. The first-order chi connectivity index (χ1) is 28.5. The average molecular weight is 743 g/mol. The molecule has 0 amide bonds. The maximum absolute atomic E-state index is 2.50. The molecule has 0 aliphatic heterocycles. The molecule has 2 heteroatoms. The van der Waals surface area contributed by atoms with E-state index in [4.69, 9.17) is 0 Å². The van der Waals surface area contributed by atoms with Crippen molar-refractivity contribution in [2.75, 3.05) is 4.90 Å². The van der Waals surface area contributed by atoms with Crippen LogP contribution >= 0.6 is 0 Å². The lowest BCUT2D eigenvalue weighted by Gasteiger charge is -2.32. The van der Waals surface area contributed by atoms with Crippen LogP contribution in [0.3, 0.4) is 0 Å². The fourth-order valence-corrected chi connectivity index (χ4v) is 9.96. The number of hydrogen-bond donors (Lipinski definition) is 0. The normalized spacial score (nSPS) is 12.9. The van der Waals surface area contributed by atoms with Gasteiger partial charge < -0.3 is 9.47 Å². The van der Waals surface area contributed by atoms with Gasteiger partial charge in [0.1, 0.15) is 0 Å². The Morgan fingerprint density at radius 1 is 0.414 bits per heavy atom. The van der Waals surface area contributed by atoms with Crippen LogP contribution in [0.1, 0.15) is 30.5 Å². The van der Waals surface area contributed by atoms with Crippen LogP contribution in [0, 0.1) is 6.92 Å². The first-order valence-corrected chi connectivity index (χ1v) is 20.3. The minimum atomic E-state index is -0.127. The summed E-state index contributed by atoms with van der Waals surface area (Å²) in [6.45, 7) is 7.09. The van der Waals surface area contributed by atoms with Crippen molar-refractivity contribution in [1.29, 1.82) is 0 Å². The van der Waals surface area contributed by atoms with Crippen molar-refractivity contribution in [2.24, 2.45) is 0 Å². The summed E-state index contributed by atoms with van der Waals surface area (Å²) in [6.07, 6.45) is 0. The van der Waals surface area contributed by atoms with Crippen molar-refractivity contribution in [2.45, 2.75) is 26.2 Å². The Hall–Kier alpha value is -7.16. The molecule has 1 aliphatic carbocycles. The summed E-state index contributed by atoms with van der Waals surface area (Å²) in [7, 11) is 0. The zero-order chi connectivity index (χ0) is 39.0. The van der Waals surface area contributed by atoms with Crippen molar-refractivity contribution >= 4 is 49.6 Å². The van der Waals surface area contributed by atoms with Gasteiger partial charge in [-0.2, -0.15) is 0 Å². The number of nitrogens with zero attached hydrogens (tertiary/aromatic N) is 2. The van der Waals surface area contributed by atoms with Gasteiger partial charge in [0, 0.05) is 38.6 Å². The predicted octanol–water partition coefficient (Wildman–Crippen LogP) is 15.4. The van der Waals surface area contributed by atoms with Gasteiger partial charge in [-0.05, 0) is 117 Å². The van der Waals surface area contributed by atoms with Gasteiger partial charge in [-0.15, -0.1) is 0 Å². The second kappa shape index (κ2) is 13.2. The molecule has 0 bridgehead atoms. The van der Waals surface area contributed by atoms with Gasteiger partial charge in [-0.3, -0.25) is 0 Å². The molecule has 0 saturated heterocycles. The van der Waals surface area contributed by atoms with Gasteiger partial charge in [0.25, 0.3) is 0 Å². The van der Waals surface area contributed by atoms with E-state index in [1.165, 1.54) is 94.0 Å². The van der Waals surface area contributed by atoms with E-state index in [2.05, 4.69) is 230 Å². The third kappa shape index (κ3) is 5.18. The molecule has 0 spiro atoms. The molecule has 0 atom stereocenters. The van der Waals surface area contributed by atoms with Crippen molar-refractivity contribution in [3.05, 3.63) is 217 Å². The summed E-state index contributed by atoms with van der Waals surface area (Å²) in [6, 6.07) is 73.5. The van der Waals surface area contributed by atoms with E-state index >= 15 is 0 Å². The lowest BCUT2D eigenvalue weighted by atomic mass is 9.80. The molecule has 9 aromatic carbocycles. The molecule has 0 radical (unpaired) electrons. The number of fused-ring (bicyclic) bond motifs is 7. The number of aromatic nitrogens is 1. The zero-order valence-electron chi connectivity index (χ0n) is 32.9. The summed E-state index contributed by atoms with van der Waals surface area (Å²) in [4.78, 5) is 2.50. The van der Waals surface area contributed by atoms with E-state index in [1.807, 2.05) is 0 Å². The van der Waals surface area contributed by atoms with E-state index in [9.17, 15) is 0 Å². The van der Waals surface area contributed by atoms with Crippen LogP contribution in [0.25, 0.3) is 71.6 Å². The van der Waals surface area contributed by atoms with E-state index in [1.54, 1.807) is 0 Å². The highest BCUT2D eigenvalue weighted by atomic mass is 15.1. The van der Waals surface area contributed by atoms with Gasteiger partial charge in [0.15, 0.2) is 0 Å². The highest BCUT2D eigenvalue weighted by Crippen LogP contribution is 2.53. The van der Waals surface area contributed by atoms with Crippen molar-refractivity contribution in [3.8, 4) is 39.1 Å². The van der Waals surface area contributed by atoms with Crippen LogP contribution < -0.4 is 4.90 Å². The number of hydrogen-bond acceptors (Lipinski definition) is 1. The topological polar surface area (TPSA) is 8.17 Å². The maximum Gasteiger partial charge on any atom is 0.0541 e. The second-order valence-electron chi connectivity index (χ2n) is 16.2. The molecule has 0 saturated carbocycles. The molecule has 1 aromatic heterocycles. The molecule has 11 rings (SSSR count). The van der Waals surface area contributed by atoms with Crippen molar-refractivity contribution in [1.82, 2.24) is 4.57 Å². The van der Waals surface area contributed by atoms with Crippen LogP contribution in [-0.2, 0) is 5.41 Å². The molecule has 10 aromatic rings. The highest BCUT2D eigenvalue weighted by molar-refractivity contribution is 6.12. The summed E-state index contributed by atoms with van der Waals surface area (Å²) >= 11 is 0. The first kappa shape index (κ1) is 34.1. The monoisotopic (exact) mass is 742 g/mol. The largest absolute Gasteiger partial charge is 0.310 e. The van der Waals surface area contributed by atoms with E-state index < -0.39 is 0 Å². The molecule has 58 heavy (non-hydrogen) atoms. The van der Waals surface area contributed by atoms with Crippen LogP contribution in [0.15, 0.2) is 200 Å². The van der Waals surface area contributed by atoms with E-state index in [0.29, 0.717) is 0 Å². The van der Waals surface area contributed by atoms with Gasteiger partial charge in [-0.25, -0.2) is 0 Å². The van der Waals surface area contributed by atoms with Crippen LogP contribution in [-0.4, -0.2) is 4.57 Å². The Morgan fingerprint density at radius 2 is 1.05 bits per heavy atom. The standard InChI is InChI=1S/C56H42N2/c1-37-51(33-31-48-45-24-12-14-27-50(45)56(2,3)55(37)48)58(42-22-16-19-39(35-42)38-17-6-4-7-18-38)53-34-30-43(44-23-10-11-25-46(44)53)40-29-32-54-49(36-40)47-26-13-15-28-52(47)57(54)41-20-8-5-9-21-41/h4-36H,1-3H3. The molecule has 0 fully saturated rings. The quantitative estimate of drug-likeness (QED) is 0.165. The molecule has 1 aliphatic rings. The number of anilines is 3. The summed E-state index contributed by atoms with van der Waals surface area (Å²) < 4.78 is 2.38. The molecule has 0 unspecified atom stereocenters. The highest BCUT2D eigenvalue weighted by Gasteiger charge is 2.38.